The Morgan fingerprint density at radius 3 is 2.71 bits per heavy atom. The van der Waals surface area contributed by atoms with E-state index in [9.17, 15) is 0 Å². The van der Waals surface area contributed by atoms with Gasteiger partial charge in [-0.3, -0.25) is 4.98 Å². The molecule has 0 aliphatic heterocycles. The second kappa shape index (κ2) is 7.90. The Bertz CT molecular complexity index is 790. The molecule has 5 nitrogen and oxygen atoms in total. The van der Waals surface area contributed by atoms with Gasteiger partial charge in [-0.2, -0.15) is 0 Å². The van der Waals surface area contributed by atoms with Crippen LogP contribution in [0.15, 0.2) is 48.9 Å². The van der Waals surface area contributed by atoms with Crippen molar-refractivity contribution < 1.29 is 9.47 Å². The van der Waals surface area contributed by atoms with Crippen LogP contribution in [0.5, 0.6) is 11.5 Å². The lowest BCUT2D eigenvalue weighted by Crippen LogP contribution is -2.12. The van der Waals surface area contributed by atoms with Gasteiger partial charge in [-0.1, -0.05) is 12.1 Å². The molecule has 3 rings (SSSR count). The molecule has 0 aliphatic rings. The van der Waals surface area contributed by atoms with Crippen molar-refractivity contribution in [1.82, 2.24) is 15.3 Å². The number of ether oxygens (including phenoxy) is 2. The Morgan fingerprint density at radius 2 is 1.96 bits per heavy atom. The quantitative estimate of drug-likeness (QED) is 0.713. The van der Waals surface area contributed by atoms with Crippen LogP contribution >= 0.6 is 11.3 Å². The number of nitrogens with zero attached hydrogens (tertiary/aromatic N) is 2. The summed E-state index contributed by atoms with van der Waals surface area (Å²) in [5.41, 5.74) is 2.15. The molecule has 2 heterocycles. The van der Waals surface area contributed by atoms with Crippen LogP contribution < -0.4 is 14.8 Å². The van der Waals surface area contributed by atoms with Crippen LogP contribution in [0.4, 0.5) is 0 Å². The first-order valence-electron chi connectivity index (χ1n) is 7.57. The highest BCUT2D eigenvalue weighted by atomic mass is 32.1. The van der Waals surface area contributed by atoms with Gasteiger partial charge in [0, 0.05) is 37.2 Å². The summed E-state index contributed by atoms with van der Waals surface area (Å²) < 4.78 is 10.9. The summed E-state index contributed by atoms with van der Waals surface area (Å²) >= 11 is 1.65. The van der Waals surface area contributed by atoms with E-state index < -0.39 is 0 Å². The zero-order chi connectivity index (χ0) is 16.8. The fraction of sp³-hybridized carbons (Fsp3) is 0.222. The average molecular weight is 341 g/mol. The first kappa shape index (κ1) is 16.4. The van der Waals surface area contributed by atoms with Crippen LogP contribution in [0.1, 0.15) is 10.6 Å². The lowest BCUT2D eigenvalue weighted by molar-refractivity contribution is 0.356. The number of pyridine rings is 1. The van der Waals surface area contributed by atoms with Crippen LogP contribution in [-0.2, 0) is 13.1 Å². The largest absolute Gasteiger partial charge is 0.493 e. The summed E-state index contributed by atoms with van der Waals surface area (Å²) in [6.07, 6.45) is 5.52. The summed E-state index contributed by atoms with van der Waals surface area (Å²) in [5, 5.41) is 4.41. The third-order valence-corrected chi connectivity index (χ3v) is 4.58. The molecule has 0 atom stereocenters. The second-order valence-corrected chi connectivity index (χ2v) is 6.24. The summed E-state index contributed by atoms with van der Waals surface area (Å²) in [4.78, 5) is 9.67. The van der Waals surface area contributed by atoms with Gasteiger partial charge in [0.1, 0.15) is 5.01 Å². The average Bonchev–Trinajstić information content (AvgIpc) is 3.10. The Hall–Kier alpha value is -2.44. The number of aromatic nitrogens is 2. The molecule has 0 aliphatic carbocycles. The van der Waals surface area contributed by atoms with Crippen LogP contribution in [0.3, 0.4) is 0 Å². The highest BCUT2D eigenvalue weighted by molar-refractivity contribution is 7.15. The topological polar surface area (TPSA) is 56.3 Å². The van der Waals surface area contributed by atoms with Gasteiger partial charge in [0.15, 0.2) is 11.5 Å². The normalized spacial score (nSPS) is 10.6. The van der Waals surface area contributed by atoms with Gasteiger partial charge >= 0.3 is 0 Å². The Morgan fingerprint density at radius 1 is 1.04 bits per heavy atom. The molecule has 0 saturated heterocycles. The van der Waals surface area contributed by atoms with Crippen LogP contribution in [0, 0.1) is 0 Å². The number of nitrogens with one attached hydrogen (secondary N) is 1. The lowest BCUT2D eigenvalue weighted by atomic mass is 10.1. The molecule has 2 aromatic heterocycles. The van der Waals surface area contributed by atoms with Gasteiger partial charge < -0.3 is 14.8 Å². The third kappa shape index (κ3) is 3.72. The molecule has 0 spiro atoms. The summed E-state index contributed by atoms with van der Waals surface area (Å²) in [5.74, 6) is 1.46. The highest BCUT2D eigenvalue weighted by Crippen LogP contribution is 2.39. The van der Waals surface area contributed by atoms with E-state index in [0.717, 1.165) is 39.1 Å². The second-order valence-electron chi connectivity index (χ2n) is 5.12. The molecule has 24 heavy (non-hydrogen) atoms. The number of hydrogen-bond donors (Lipinski definition) is 1. The minimum Gasteiger partial charge on any atom is -0.493 e. The zero-order valence-corrected chi connectivity index (χ0v) is 14.5. The lowest BCUT2D eigenvalue weighted by Gasteiger charge is -2.10. The third-order valence-electron chi connectivity index (χ3n) is 3.55. The number of rotatable bonds is 7. The van der Waals surface area contributed by atoms with E-state index in [4.69, 9.17) is 9.47 Å². The molecule has 3 aromatic rings. The van der Waals surface area contributed by atoms with Gasteiger partial charge in [-0.15, -0.1) is 11.3 Å². The molecule has 0 fully saturated rings. The molecular weight excluding hydrogens is 322 g/mol. The fourth-order valence-electron chi connectivity index (χ4n) is 2.41. The minimum atomic E-state index is 0.714. The SMILES string of the molecule is COc1cccc(-c2cnc(CNCc3cccnc3)s2)c1OC. The van der Waals surface area contributed by atoms with Crippen LogP contribution in [0.25, 0.3) is 10.4 Å². The molecule has 0 saturated carbocycles. The number of hydrogen-bond acceptors (Lipinski definition) is 6. The van der Waals surface area contributed by atoms with Gasteiger partial charge in [0.05, 0.1) is 19.1 Å². The molecule has 6 heteroatoms. The van der Waals surface area contributed by atoms with E-state index >= 15 is 0 Å². The van der Waals surface area contributed by atoms with Crippen molar-refractivity contribution in [2.24, 2.45) is 0 Å². The maximum absolute atomic E-state index is 5.50. The smallest absolute Gasteiger partial charge is 0.169 e. The van der Waals surface area contributed by atoms with Gasteiger partial charge in [-0.05, 0) is 23.8 Å². The zero-order valence-electron chi connectivity index (χ0n) is 13.7. The fourth-order valence-corrected chi connectivity index (χ4v) is 3.32. The number of thiazole rings is 1. The van der Waals surface area contributed by atoms with E-state index in [-0.39, 0.29) is 0 Å². The van der Waals surface area contributed by atoms with E-state index in [1.165, 1.54) is 0 Å². The van der Waals surface area contributed by atoms with Crippen molar-refractivity contribution in [2.45, 2.75) is 13.1 Å². The predicted molar refractivity (Wildman–Crippen MR) is 95.4 cm³/mol. The minimum absolute atomic E-state index is 0.714. The molecule has 0 unspecified atom stereocenters. The molecule has 0 bridgehead atoms. The Balaban J connectivity index is 1.70. The first-order valence-corrected chi connectivity index (χ1v) is 8.39. The summed E-state index contributed by atoms with van der Waals surface area (Å²) in [6.45, 7) is 1.48. The maximum atomic E-state index is 5.50. The first-order chi connectivity index (χ1) is 11.8. The summed E-state index contributed by atoms with van der Waals surface area (Å²) in [7, 11) is 3.29. The number of para-hydroxylation sites is 1. The van der Waals surface area contributed by atoms with Crippen molar-refractivity contribution in [2.75, 3.05) is 14.2 Å². The molecule has 0 amide bonds. The Labute approximate surface area is 145 Å². The van der Waals surface area contributed by atoms with E-state index in [1.807, 2.05) is 42.7 Å². The van der Waals surface area contributed by atoms with Gasteiger partial charge in [0.25, 0.3) is 0 Å². The Kier molecular flexibility index (Phi) is 5.40. The molecule has 0 radical (unpaired) electrons. The number of benzene rings is 1. The van der Waals surface area contributed by atoms with Crippen molar-refractivity contribution in [3.63, 3.8) is 0 Å². The predicted octanol–water partition coefficient (Wildman–Crippen LogP) is 3.51. The van der Waals surface area contributed by atoms with Crippen molar-refractivity contribution in [3.05, 3.63) is 59.5 Å². The maximum Gasteiger partial charge on any atom is 0.169 e. The van der Waals surface area contributed by atoms with Crippen molar-refractivity contribution in [3.8, 4) is 21.9 Å². The molecule has 1 N–H and O–H groups in total. The van der Waals surface area contributed by atoms with E-state index in [1.54, 1.807) is 31.8 Å². The highest BCUT2D eigenvalue weighted by Gasteiger charge is 2.13. The number of methoxy groups -OCH3 is 2. The summed E-state index contributed by atoms with van der Waals surface area (Å²) in [6, 6.07) is 9.85. The molecular formula is C18H19N3O2S. The van der Waals surface area contributed by atoms with Crippen LogP contribution in [0.2, 0.25) is 0 Å². The monoisotopic (exact) mass is 341 g/mol. The van der Waals surface area contributed by atoms with Crippen molar-refractivity contribution >= 4 is 11.3 Å². The van der Waals surface area contributed by atoms with Gasteiger partial charge in [0.2, 0.25) is 0 Å². The molecule has 124 valence electrons. The van der Waals surface area contributed by atoms with Crippen LogP contribution in [-0.4, -0.2) is 24.2 Å². The molecule has 1 aromatic carbocycles. The standard InChI is InChI=1S/C18H19N3O2S/c1-22-15-7-3-6-14(18(15)23-2)16-11-21-17(24-16)12-20-10-13-5-4-8-19-9-13/h3-9,11,20H,10,12H2,1-2H3. The van der Waals surface area contributed by atoms with Gasteiger partial charge in [-0.25, -0.2) is 4.98 Å². The van der Waals surface area contributed by atoms with E-state index in [2.05, 4.69) is 15.3 Å². The van der Waals surface area contributed by atoms with Crippen molar-refractivity contribution in [1.29, 1.82) is 0 Å². The van der Waals surface area contributed by atoms with E-state index in [0.29, 0.717) is 6.54 Å².